The molecule has 0 spiro atoms. The topological polar surface area (TPSA) is 12.0 Å². The van der Waals surface area contributed by atoms with Crippen LogP contribution in [0.25, 0.3) is 0 Å². The van der Waals surface area contributed by atoms with Crippen LogP contribution in [-0.2, 0) is 6.42 Å². The monoisotopic (exact) mass is 221 g/mol. The summed E-state index contributed by atoms with van der Waals surface area (Å²) in [6.07, 6.45) is 3.12. The molecule has 2 atom stereocenters. The molecule has 88 valence electrons. The molecule has 1 aromatic carbocycles. The summed E-state index contributed by atoms with van der Waals surface area (Å²) >= 11 is 0. The summed E-state index contributed by atoms with van der Waals surface area (Å²) < 4.78 is 13.6. The Morgan fingerprint density at radius 1 is 1.50 bits per heavy atom. The van der Waals surface area contributed by atoms with Gasteiger partial charge in [0.15, 0.2) is 0 Å². The molecule has 0 saturated heterocycles. The van der Waals surface area contributed by atoms with E-state index in [4.69, 9.17) is 0 Å². The molecule has 16 heavy (non-hydrogen) atoms. The van der Waals surface area contributed by atoms with Crippen LogP contribution in [0.4, 0.5) is 4.39 Å². The number of hydrogen-bond donors (Lipinski definition) is 1. The van der Waals surface area contributed by atoms with Gasteiger partial charge in [0.1, 0.15) is 5.82 Å². The molecule has 2 rings (SSSR count). The normalized spacial score (nSPS) is 20.8. The van der Waals surface area contributed by atoms with Gasteiger partial charge in [0.25, 0.3) is 0 Å². The summed E-state index contributed by atoms with van der Waals surface area (Å²) in [7, 11) is 0. The molecule has 0 fully saturated rings. The van der Waals surface area contributed by atoms with Gasteiger partial charge >= 0.3 is 0 Å². The molecule has 1 aromatic rings. The fraction of sp³-hybridized carbons (Fsp3) is 0.571. The van der Waals surface area contributed by atoms with Gasteiger partial charge in [-0.2, -0.15) is 0 Å². The minimum Gasteiger partial charge on any atom is -0.314 e. The van der Waals surface area contributed by atoms with E-state index in [2.05, 4.69) is 25.2 Å². The van der Waals surface area contributed by atoms with E-state index < -0.39 is 0 Å². The van der Waals surface area contributed by atoms with E-state index in [1.54, 1.807) is 6.07 Å². The quantitative estimate of drug-likeness (QED) is 0.823. The van der Waals surface area contributed by atoms with E-state index in [0.29, 0.717) is 12.0 Å². The SMILES string of the molecule is CCCNC(C)C1CCc2c(F)cccc21. The van der Waals surface area contributed by atoms with Crippen LogP contribution < -0.4 is 5.32 Å². The molecular formula is C14H20FN. The highest BCUT2D eigenvalue weighted by molar-refractivity contribution is 5.37. The van der Waals surface area contributed by atoms with Crippen molar-refractivity contribution in [3.63, 3.8) is 0 Å². The van der Waals surface area contributed by atoms with E-state index in [9.17, 15) is 4.39 Å². The first-order valence-corrected chi connectivity index (χ1v) is 6.24. The Morgan fingerprint density at radius 3 is 3.06 bits per heavy atom. The highest BCUT2D eigenvalue weighted by Crippen LogP contribution is 2.36. The van der Waals surface area contributed by atoms with Crippen molar-refractivity contribution >= 4 is 0 Å². The van der Waals surface area contributed by atoms with E-state index in [1.165, 1.54) is 5.56 Å². The molecule has 0 saturated carbocycles. The Morgan fingerprint density at radius 2 is 2.31 bits per heavy atom. The minimum atomic E-state index is -0.0253. The third kappa shape index (κ3) is 2.12. The average Bonchev–Trinajstić information content (AvgIpc) is 2.71. The molecule has 0 amide bonds. The smallest absolute Gasteiger partial charge is 0.126 e. The molecule has 1 aliphatic carbocycles. The maximum absolute atomic E-state index is 13.6. The van der Waals surface area contributed by atoms with Crippen LogP contribution >= 0.6 is 0 Å². The first kappa shape index (κ1) is 11.6. The Labute approximate surface area is 97.1 Å². The lowest BCUT2D eigenvalue weighted by Gasteiger charge is -2.21. The Balaban J connectivity index is 2.14. The first-order valence-electron chi connectivity index (χ1n) is 6.24. The van der Waals surface area contributed by atoms with E-state index >= 15 is 0 Å². The number of fused-ring (bicyclic) bond motifs is 1. The molecule has 0 aliphatic heterocycles. The Kier molecular flexibility index (Phi) is 3.59. The highest BCUT2D eigenvalue weighted by Gasteiger charge is 2.28. The minimum absolute atomic E-state index is 0.0253. The maximum atomic E-state index is 13.6. The molecule has 0 bridgehead atoms. The molecule has 2 heteroatoms. The van der Waals surface area contributed by atoms with Crippen molar-refractivity contribution in [3.05, 3.63) is 35.1 Å². The van der Waals surface area contributed by atoms with Crippen LogP contribution in [0.2, 0.25) is 0 Å². The summed E-state index contributed by atoms with van der Waals surface area (Å²) in [6, 6.07) is 5.94. The zero-order valence-corrected chi connectivity index (χ0v) is 10.1. The van der Waals surface area contributed by atoms with Crippen molar-refractivity contribution in [2.24, 2.45) is 0 Å². The lowest BCUT2D eigenvalue weighted by atomic mass is 9.94. The Bertz CT molecular complexity index is 362. The zero-order chi connectivity index (χ0) is 11.5. The second-order valence-electron chi connectivity index (χ2n) is 4.70. The third-order valence-electron chi connectivity index (χ3n) is 3.58. The maximum Gasteiger partial charge on any atom is 0.126 e. The third-order valence-corrected chi connectivity index (χ3v) is 3.58. The Hall–Kier alpha value is -0.890. The van der Waals surface area contributed by atoms with Crippen LogP contribution in [0.3, 0.4) is 0 Å². The second kappa shape index (κ2) is 4.96. The van der Waals surface area contributed by atoms with Crippen LogP contribution in [-0.4, -0.2) is 12.6 Å². The molecule has 0 radical (unpaired) electrons. The molecule has 1 nitrogen and oxygen atoms in total. The highest BCUT2D eigenvalue weighted by atomic mass is 19.1. The molecule has 1 N–H and O–H groups in total. The molecule has 1 aliphatic rings. The van der Waals surface area contributed by atoms with Crippen molar-refractivity contribution in [1.82, 2.24) is 5.32 Å². The molecule has 2 unspecified atom stereocenters. The first-order chi connectivity index (χ1) is 7.74. The lowest BCUT2D eigenvalue weighted by Crippen LogP contribution is -2.31. The number of nitrogens with one attached hydrogen (secondary N) is 1. The van der Waals surface area contributed by atoms with Crippen molar-refractivity contribution < 1.29 is 4.39 Å². The summed E-state index contributed by atoms with van der Waals surface area (Å²) in [5, 5.41) is 3.51. The van der Waals surface area contributed by atoms with Crippen molar-refractivity contribution in [2.45, 2.75) is 45.1 Å². The van der Waals surface area contributed by atoms with Gasteiger partial charge in [-0.05, 0) is 55.8 Å². The van der Waals surface area contributed by atoms with Gasteiger partial charge in [0, 0.05) is 6.04 Å². The number of hydrogen-bond acceptors (Lipinski definition) is 1. The van der Waals surface area contributed by atoms with E-state index in [1.807, 2.05) is 6.07 Å². The van der Waals surface area contributed by atoms with Crippen molar-refractivity contribution in [1.29, 1.82) is 0 Å². The average molecular weight is 221 g/mol. The summed E-state index contributed by atoms with van der Waals surface area (Å²) in [6.45, 7) is 5.42. The molecule has 0 heterocycles. The summed E-state index contributed by atoms with van der Waals surface area (Å²) in [5.41, 5.74) is 2.16. The summed E-state index contributed by atoms with van der Waals surface area (Å²) in [5.74, 6) is 0.458. The van der Waals surface area contributed by atoms with Gasteiger partial charge in [0.05, 0.1) is 0 Å². The predicted octanol–water partition coefficient (Wildman–Crippen LogP) is 3.24. The van der Waals surface area contributed by atoms with E-state index in [0.717, 1.165) is 31.4 Å². The van der Waals surface area contributed by atoms with Gasteiger partial charge in [-0.3, -0.25) is 0 Å². The van der Waals surface area contributed by atoms with Gasteiger partial charge in [-0.25, -0.2) is 4.39 Å². The molecule has 0 aromatic heterocycles. The summed E-state index contributed by atoms with van der Waals surface area (Å²) in [4.78, 5) is 0. The number of halogens is 1. The standard InChI is InChI=1S/C14H20FN/c1-3-9-16-10(2)11-7-8-13-12(11)5-4-6-14(13)15/h4-6,10-11,16H,3,7-9H2,1-2H3. The zero-order valence-electron chi connectivity index (χ0n) is 10.1. The van der Waals surface area contributed by atoms with E-state index in [-0.39, 0.29) is 5.82 Å². The van der Waals surface area contributed by atoms with Crippen molar-refractivity contribution in [3.8, 4) is 0 Å². The predicted molar refractivity (Wildman–Crippen MR) is 65.2 cm³/mol. The van der Waals surface area contributed by atoms with Crippen LogP contribution in [0, 0.1) is 5.82 Å². The largest absolute Gasteiger partial charge is 0.314 e. The van der Waals surface area contributed by atoms with Gasteiger partial charge in [-0.15, -0.1) is 0 Å². The van der Waals surface area contributed by atoms with Gasteiger partial charge in [-0.1, -0.05) is 19.1 Å². The lowest BCUT2D eigenvalue weighted by molar-refractivity contribution is 0.457. The van der Waals surface area contributed by atoms with Crippen molar-refractivity contribution in [2.75, 3.05) is 6.54 Å². The van der Waals surface area contributed by atoms with Gasteiger partial charge in [0.2, 0.25) is 0 Å². The number of benzene rings is 1. The fourth-order valence-electron chi connectivity index (χ4n) is 2.68. The number of rotatable bonds is 4. The van der Waals surface area contributed by atoms with Crippen LogP contribution in [0.5, 0.6) is 0 Å². The fourth-order valence-corrected chi connectivity index (χ4v) is 2.68. The second-order valence-corrected chi connectivity index (χ2v) is 4.70. The van der Waals surface area contributed by atoms with Crippen LogP contribution in [0.1, 0.15) is 43.7 Å². The van der Waals surface area contributed by atoms with Crippen LogP contribution in [0.15, 0.2) is 18.2 Å². The van der Waals surface area contributed by atoms with Gasteiger partial charge < -0.3 is 5.32 Å². The molecular weight excluding hydrogens is 201 g/mol.